The van der Waals surface area contributed by atoms with Crippen molar-refractivity contribution in [2.45, 2.75) is 27.2 Å². The highest BCUT2D eigenvalue weighted by molar-refractivity contribution is 6.31. The van der Waals surface area contributed by atoms with Gasteiger partial charge in [-0.25, -0.2) is 14.6 Å². The Morgan fingerprint density at radius 3 is 2.59 bits per heavy atom. The molecule has 4 rings (SSSR count). The molecule has 0 aliphatic rings. The van der Waals surface area contributed by atoms with Gasteiger partial charge in [0.15, 0.2) is 11.6 Å². The topological polar surface area (TPSA) is 55.6 Å². The number of hydrogen-bond acceptors (Lipinski definition) is 4. The van der Waals surface area contributed by atoms with Crippen molar-refractivity contribution < 1.29 is 0 Å². The van der Waals surface area contributed by atoms with E-state index in [2.05, 4.69) is 29.5 Å². The third kappa shape index (κ3) is 3.51. The highest BCUT2D eigenvalue weighted by Crippen LogP contribution is 2.26. The Morgan fingerprint density at radius 1 is 1.00 bits per heavy atom. The zero-order valence-electron chi connectivity index (χ0n) is 15.5. The number of aryl methyl sites for hydroxylation is 3. The third-order valence-corrected chi connectivity index (χ3v) is 4.65. The van der Waals surface area contributed by atoms with Gasteiger partial charge in [-0.1, -0.05) is 30.7 Å². The monoisotopic (exact) mass is 377 g/mol. The Bertz CT molecular complexity index is 1130. The molecule has 2 heterocycles. The second kappa shape index (κ2) is 7.00. The molecule has 5 nitrogen and oxygen atoms in total. The summed E-state index contributed by atoms with van der Waals surface area (Å²) >= 11 is 6.15. The van der Waals surface area contributed by atoms with Crippen LogP contribution in [0, 0.1) is 13.8 Å². The van der Waals surface area contributed by atoms with Crippen LogP contribution in [0.15, 0.2) is 48.5 Å². The highest BCUT2D eigenvalue weighted by Gasteiger charge is 2.15. The summed E-state index contributed by atoms with van der Waals surface area (Å²) in [5, 5.41) is 8.64. The van der Waals surface area contributed by atoms with Gasteiger partial charge in [0, 0.05) is 16.4 Å². The van der Waals surface area contributed by atoms with Gasteiger partial charge in [-0.2, -0.15) is 5.10 Å². The molecule has 0 unspecified atom stereocenters. The summed E-state index contributed by atoms with van der Waals surface area (Å²) in [6.45, 7) is 6.11. The summed E-state index contributed by atoms with van der Waals surface area (Å²) in [6.07, 6.45) is 0.974. The molecular weight excluding hydrogens is 358 g/mol. The van der Waals surface area contributed by atoms with E-state index in [1.54, 1.807) is 0 Å². The fourth-order valence-corrected chi connectivity index (χ4v) is 3.27. The lowest BCUT2D eigenvalue weighted by molar-refractivity contribution is 0.808. The maximum absolute atomic E-state index is 6.15. The molecule has 4 aromatic rings. The minimum atomic E-state index is 0.632. The Balaban J connectivity index is 1.89. The number of nitrogens with zero attached hydrogens (tertiary/aromatic N) is 4. The maximum Gasteiger partial charge on any atom is 0.197 e. The lowest BCUT2D eigenvalue weighted by Gasteiger charge is -2.13. The molecule has 1 N–H and O–H groups in total. The third-order valence-electron chi connectivity index (χ3n) is 4.42. The predicted octanol–water partition coefficient (Wildman–Crippen LogP) is 5.39. The first-order chi connectivity index (χ1) is 13.0. The molecule has 2 aromatic carbocycles. The Hall–Kier alpha value is -2.92. The summed E-state index contributed by atoms with van der Waals surface area (Å²) < 4.78 is 1.81. The molecule has 0 amide bonds. The number of fused-ring (bicyclic) bond motifs is 1. The lowest BCUT2D eigenvalue weighted by atomic mass is 10.1. The van der Waals surface area contributed by atoms with Crippen molar-refractivity contribution in [2.24, 2.45) is 0 Å². The van der Waals surface area contributed by atoms with Crippen LogP contribution >= 0.6 is 11.6 Å². The molecule has 0 atom stereocenters. The molecule has 6 heteroatoms. The zero-order chi connectivity index (χ0) is 19.0. The van der Waals surface area contributed by atoms with Crippen LogP contribution in [0.2, 0.25) is 5.02 Å². The van der Waals surface area contributed by atoms with Gasteiger partial charge in [-0.05, 0) is 62.2 Å². The van der Waals surface area contributed by atoms with Crippen molar-refractivity contribution in [1.29, 1.82) is 0 Å². The molecule has 2 aromatic heterocycles. The standard InChI is InChI=1S/C21H20ClN5/c1-4-15-6-5-7-17(11-15)23-20-21(27-14(3)10-13(2)26-27)25-19-12-16(22)8-9-18(19)24-20/h5-12H,4H2,1-3H3,(H,23,24). The Labute approximate surface area is 163 Å². The Morgan fingerprint density at radius 2 is 1.85 bits per heavy atom. The number of anilines is 2. The van der Waals surface area contributed by atoms with Gasteiger partial charge in [0.2, 0.25) is 0 Å². The van der Waals surface area contributed by atoms with Gasteiger partial charge < -0.3 is 5.32 Å². The van der Waals surface area contributed by atoms with Crippen LogP contribution in [-0.2, 0) is 6.42 Å². The molecule has 136 valence electrons. The largest absolute Gasteiger partial charge is 0.337 e. The summed E-state index contributed by atoms with van der Waals surface area (Å²) in [6, 6.07) is 15.8. The number of aromatic nitrogens is 4. The maximum atomic E-state index is 6.15. The molecule has 0 aliphatic carbocycles. The first-order valence-electron chi connectivity index (χ1n) is 8.90. The molecule has 0 saturated heterocycles. The molecule has 27 heavy (non-hydrogen) atoms. The number of nitrogens with one attached hydrogen (secondary N) is 1. The minimum absolute atomic E-state index is 0.632. The van der Waals surface area contributed by atoms with Crippen LogP contribution in [0.25, 0.3) is 16.9 Å². The fraction of sp³-hybridized carbons (Fsp3) is 0.190. The van der Waals surface area contributed by atoms with E-state index in [9.17, 15) is 0 Å². The number of benzene rings is 2. The summed E-state index contributed by atoms with van der Waals surface area (Å²) in [5.74, 6) is 1.31. The van der Waals surface area contributed by atoms with Crippen molar-refractivity contribution in [3.63, 3.8) is 0 Å². The Kier molecular flexibility index (Phi) is 4.54. The van der Waals surface area contributed by atoms with Crippen molar-refractivity contribution in [3.8, 4) is 5.82 Å². The van der Waals surface area contributed by atoms with E-state index in [1.807, 2.05) is 54.9 Å². The summed E-state index contributed by atoms with van der Waals surface area (Å²) in [5.41, 5.74) is 5.66. The predicted molar refractivity (Wildman–Crippen MR) is 110 cm³/mol. The van der Waals surface area contributed by atoms with Crippen LogP contribution < -0.4 is 5.32 Å². The van der Waals surface area contributed by atoms with E-state index < -0.39 is 0 Å². The van der Waals surface area contributed by atoms with Gasteiger partial charge in [-0.15, -0.1) is 0 Å². The van der Waals surface area contributed by atoms with Crippen LogP contribution in [0.5, 0.6) is 0 Å². The van der Waals surface area contributed by atoms with Crippen molar-refractivity contribution >= 4 is 34.1 Å². The molecule has 0 saturated carbocycles. The molecule has 0 spiro atoms. The quantitative estimate of drug-likeness (QED) is 0.518. The van der Waals surface area contributed by atoms with E-state index in [-0.39, 0.29) is 0 Å². The summed E-state index contributed by atoms with van der Waals surface area (Å²) in [4.78, 5) is 9.61. The number of rotatable bonds is 4. The van der Waals surface area contributed by atoms with Crippen molar-refractivity contribution in [2.75, 3.05) is 5.32 Å². The molecule has 0 fully saturated rings. The zero-order valence-corrected chi connectivity index (χ0v) is 16.2. The average molecular weight is 378 g/mol. The second-order valence-electron chi connectivity index (χ2n) is 6.55. The van der Waals surface area contributed by atoms with Crippen molar-refractivity contribution in [1.82, 2.24) is 19.7 Å². The van der Waals surface area contributed by atoms with E-state index in [0.29, 0.717) is 16.7 Å². The van der Waals surface area contributed by atoms with Crippen LogP contribution in [0.3, 0.4) is 0 Å². The number of hydrogen-bond donors (Lipinski definition) is 1. The van der Waals surface area contributed by atoms with Gasteiger partial charge in [0.25, 0.3) is 0 Å². The SMILES string of the molecule is CCc1cccc(Nc2nc3ccc(Cl)cc3nc2-n2nc(C)cc2C)c1. The van der Waals surface area contributed by atoms with Gasteiger partial charge in [-0.3, -0.25) is 0 Å². The second-order valence-corrected chi connectivity index (χ2v) is 6.98. The molecular formula is C21H20ClN5. The van der Waals surface area contributed by atoms with Gasteiger partial charge in [0.05, 0.1) is 16.7 Å². The first kappa shape index (κ1) is 17.5. The van der Waals surface area contributed by atoms with Crippen molar-refractivity contribution in [3.05, 3.63) is 70.5 Å². The first-order valence-corrected chi connectivity index (χ1v) is 9.28. The normalized spacial score (nSPS) is 11.1. The lowest BCUT2D eigenvalue weighted by Crippen LogP contribution is -2.08. The number of halogens is 1. The van der Waals surface area contributed by atoms with E-state index in [4.69, 9.17) is 21.6 Å². The summed E-state index contributed by atoms with van der Waals surface area (Å²) in [7, 11) is 0. The molecule has 0 aliphatic heterocycles. The average Bonchev–Trinajstić information content (AvgIpc) is 2.99. The molecule has 0 radical (unpaired) electrons. The van der Waals surface area contributed by atoms with Crippen LogP contribution in [0.4, 0.5) is 11.5 Å². The highest BCUT2D eigenvalue weighted by atomic mass is 35.5. The fourth-order valence-electron chi connectivity index (χ4n) is 3.10. The van der Waals surface area contributed by atoms with E-state index in [0.717, 1.165) is 34.5 Å². The van der Waals surface area contributed by atoms with E-state index in [1.165, 1.54) is 5.56 Å². The van der Waals surface area contributed by atoms with Crippen LogP contribution in [0.1, 0.15) is 23.9 Å². The molecule has 0 bridgehead atoms. The van der Waals surface area contributed by atoms with Gasteiger partial charge >= 0.3 is 0 Å². The van der Waals surface area contributed by atoms with Gasteiger partial charge in [0.1, 0.15) is 0 Å². The van der Waals surface area contributed by atoms with Crippen LogP contribution in [-0.4, -0.2) is 19.7 Å². The minimum Gasteiger partial charge on any atom is -0.337 e. The van der Waals surface area contributed by atoms with E-state index >= 15 is 0 Å². The smallest absolute Gasteiger partial charge is 0.197 e.